The van der Waals surface area contributed by atoms with E-state index in [0.29, 0.717) is 10.6 Å². The van der Waals surface area contributed by atoms with Crippen LogP contribution in [-0.4, -0.2) is 71.9 Å². The monoisotopic (exact) mass is 511 g/mol. The molecule has 1 aliphatic rings. The van der Waals surface area contributed by atoms with Gasteiger partial charge in [0.05, 0.1) is 10.6 Å². The number of benzene rings is 1. The van der Waals surface area contributed by atoms with Crippen LogP contribution in [0, 0.1) is 0 Å². The largest absolute Gasteiger partial charge is 0.534 e. The fourth-order valence-corrected chi connectivity index (χ4v) is 4.06. The summed E-state index contributed by atoms with van der Waals surface area (Å²) in [6.45, 7) is 12.6. The summed E-state index contributed by atoms with van der Waals surface area (Å²) >= 11 is 0. The molecule has 12 heteroatoms. The molecule has 35 heavy (non-hydrogen) atoms. The molecule has 0 saturated carbocycles. The van der Waals surface area contributed by atoms with E-state index in [1.54, 1.807) is 41.5 Å². The van der Waals surface area contributed by atoms with Crippen LogP contribution in [0.2, 0.25) is 0 Å². The van der Waals surface area contributed by atoms with Gasteiger partial charge in [0.2, 0.25) is 5.54 Å². The second-order valence-electron chi connectivity index (χ2n) is 10.1. The highest BCUT2D eigenvalue weighted by atomic mass is 32.2. The summed E-state index contributed by atoms with van der Waals surface area (Å²) in [6.07, 6.45) is -2.34. The predicted octanol–water partition coefficient (Wildman–Crippen LogP) is 3.52. The van der Waals surface area contributed by atoms with E-state index >= 15 is 0 Å². The van der Waals surface area contributed by atoms with Crippen LogP contribution in [0.5, 0.6) is 0 Å². The van der Waals surface area contributed by atoms with Crippen molar-refractivity contribution in [2.45, 2.75) is 77.0 Å². The second kappa shape index (κ2) is 9.48. The second-order valence-corrected chi connectivity index (χ2v) is 12.4. The van der Waals surface area contributed by atoms with Crippen LogP contribution in [0.4, 0.5) is 9.59 Å². The molecule has 0 radical (unpaired) electrons. The molecule has 0 saturated heterocycles. The quantitative estimate of drug-likeness (QED) is 0.443. The van der Waals surface area contributed by atoms with Gasteiger partial charge in [0.15, 0.2) is 9.84 Å². The maximum absolute atomic E-state index is 13.3. The van der Waals surface area contributed by atoms with Gasteiger partial charge in [0, 0.05) is 12.6 Å². The van der Waals surface area contributed by atoms with Gasteiger partial charge in [0.25, 0.3) is 5.91 Å². The molecule has 1 aromatic rings. The lowest BCUT2D eigenvalue weighted by Gasteiger charge is -2.36. The molecule has 1 aromatic carbocycles. The van der Waals surface area contributed by atoms with Crippen molar-refractivity contribution in [3.8, 4) is 0 Å². The SMILES string of the molecule is CCS(=O)(=O)c1ccc(C2=NN(C)C(=O)C2(C)N(OC(=O)OC(C)(C)C)C(=O)OC(C)(C)C)cc1. The Hall–Kier alpha value is -3.15. The van der Waals surface area contributed by atoms with Crippen molar-refractivity contribution < 1.29 is 37.1 Å². The van der Waals surface area contributed by atoms with Crippen LogP contribution in [0.3, 0.4) is 0 Å². The number of likely N-dealkylation sites (N-methyl/N-ethyl adjacent to an activating group) is 1. The topological polar surface area (TPSA) is 132 Å². The number of amides is 2. The van der Waals surface area contributed by atoms with Crippen molar-refractivity contribution in [2.75, 3.05) is 12.8 Å². The summed E-state index contributed by atoms with van der Waals surface area (Å²) < 4.78 is 35.0. The summed E-state index contributed by atoms with van der Waals surface area (Å²) in [5.74, 6) is -0.769. The molecule has 0 N–H and O–H groups in total. The Morgan fingerprint density at radius 2 is 1.54 bits per heavy atom. The minimum absolute atomic E-state index is 0.0415. The third-order valence-electron chi connectivity index (χ3n) is 4.81. The number of carbonyl (C=O) groups excluding carboxylic acids is 3. The Morgan fingerprint density at radius 1 is 1.03 bits per heavy atom. The summed E-state index contributed by atoms with van der Waals surface area (Å²) in [5, 5.41) is 5.77. The maximum atomic E-state index is 13.3. The molecule has 2 amide bonds. The Labute approximate surface area is 205 Å². The van der Waals surface area contributed by atoms with Gasteiger partial charge in [-0.3, -0.25) is 9.63 Å². The van der Waals surface area contributed by atoms with Gasteiger partial charge in [-0.25, -0.2) is 23.0 Å². The summed E-state index contributed by atoms with van der Waals surface area (Å²) in [4.78, 5) is 44.4. The number of carbonyl (C=O) groups is 3. The van der Waals surface area contributed by atoms with E-state index < -0.39 is 44.7 Å². The maximum Gasteiger partial charge on any atom is 0.534 e. The number of hydrogen-bond acceptors (Lipinski definition) is 9. The van der Waals surface area contributed by atoms with Crippen LogP contribution >= 0.6 is 0 Å². The molecule has 1 aliphatic heterocycles. The average molecular weight is 512 g/mol. The molecule has 2 rings (SSSR count). The third kappa shape index (κ3) is 6.30. The van der Waals surface area contributed by atoms with Crippen molar-refractivity contribution in [3.05, 3.63) is 29.8 Å². The average Bonchev–Trinajstić information content (AvgIpc) is 2.94. The minimum Gasteiger partial charge on any atom is -0.442 e. The number of rotatable bonds is 4. The van der Waals surface area contributed by atoms with Gasteiger partial charge >= 0.3 is 12.2 Å². The highest BCUT2D eigenvalue weighted by molar-refractivity contribution is 7.91. The van der Waals surface area contributed by atoms with E-state index in [1.165, 1.54) is 45.2 Å². The van der Waals surface area contributed by atoms with Gasteiger partial charge in [0.1, 0.15) is 16.9 Å². The smallest absolute Gasteiger partial charge is 0.442 e. The van der Waals surface area contributed by atoms with E-state index in [2.05, 4.69) is 5.10 Å². The lowest BCUT2D eigenvalue weighted by atomic mass is 9.90. The van der Waals surface area contributed by atoms with Crippen molar-refractivity contribution >= 4 is 33.7 Å². The summed E-state index contributed by atoms with van der Waals surface area (Å²) in [6, 6.07) is 5.69. The van der Waals surface area contributed by atoms with Crippen molar-refractivity contribution in [3.63, 3.8) is 0 Å². The first-order valence-corrected chi connectivity index (χ1v) is 12.6. The first-order valence-electron chi connectivity index (χ1n) is 11.0. The van der Waals surface area contributed by atoms with Crippen LogP contribution in [0.1, 0.15) is 61.0 Å². The van der Waals surface area contributed by atoms with E-state index in [9.17, 15) is 22.8 Å². The number of nitrogens with zero attached hydrogens (tertiary/aromatic N) is 3. The predicted molar refractivity (Wildman–Crippen MR) is 127 cm³/mol. The minimum atomic E-state index is -3.46. The van der Waals surface area contributed by atoms with Gasteiger partial charge in [-0.2, -0.15) is 5.10 Å². The number of hydrogen-bond donors (Lipinski definition) is 0. The normalized spacial score (nSPS) is 18.7. The van der Waals surface area contributed by atoms with Gasteiger partial charge in [-0.1, -0.05) is 19.1 Å². The standard InChI is InChI=1S/C23H33N3O8S/c1-10-35(30,31)16-13-11-15(12-14-16)17-23(8,18(27)25(9)24-17)26(19(28)32-21(2,3)4)34-20(29)33-22(5,6)7/h11-14H,10H2,1-9H3. The Balaban J connectivity index is 2.59. The van der Waals surface area contributed by atoms with Crippen LogP contribution in [0.15, 0.2) is 34.3 Å². The zero-order valence-corrected chi connectivity index (χ0v) is 22.3. The van der Waals surface area contributed by atoms with Crippen molar-refractivity contribution in [2.24, 2.45) is 5.10 Å². The molecule has 0 fully saturated rings. The molecule has 0 aromatic heterocycles. The Bertz CT molecular complexity index is 1130. The Kier molecular flexibility index (Phi) is 7.61. The molecule has 1 heterocycles. The molecular weight excluding hydrogens is 478 g/mol. The van der Waals surface area contributed by atoms with E-state index in [-0.39, 0.29) is 16.4 Å². The van der Waals surface area contributed by atoms with Gasteiger partial charge in [-0.05, 0) is 60.6 Å². The number of hydroxylamine groups is 2. The molecule has 0 spiro atoms. The summed E-state index contributed by atoms with van der Waals surface area (Å²) in [5.41, 5.74) is -3.49. The first-order chi connectivity index (χ1) is 15.8. The Morgan fingerprint density at radius 3 is 2.00 bits per heavy atom. The van der Waals surface area contributed by atoms with E-state index in [0.717, 1.165) is 5.01 Å². The molecule has 0 aliphatic carbocycles. The van der Waals surface area contributed by atoms with Gasteiger partial charge in [-0.15, -0.1) is 5.06 Å². The lowest BCUT2D eigenvalue weighted by Crippen LogP contribution is -2.61. The molecule has 11 nitrogen and oxygen atoms in total. The fraction of sp³-hybridized carbons (Fsp3) is 0.565. The molecule has 0 bridgehead atoms. The zero-order chi connectivity index (χ0) is 27.0. The fourth-order valence-electron chi connectivity index (χ4n) is 3.18. The van der Waals surface area contributed by atoms with E-state index in [1.807, 2.05) is 0 Å². The molecule has 1 atom stereocenters. The van der Waals surface area contributed by atoms with Crippen molar-refractivity contribution in [1.82, 2.24) is 10.1 Å². The summed E-state index contributed by atoms with van der Waals surface area (Å²) in [7, 11) is -2.08. The lowest BCUT2D eigenvalue weighted by molar-refractivity contribution is -0.176. The molecule has 1 unspecified atom stereocenters. The molecule has 194 valence electrons. The zero-order valence-electron chi connectivity index (χ0n) is 21.5. The van der Waals surface area contributed by atoms with Crippen LogP contribution < -0.4 is 0 Å². The third-order valence-corrected chi connectivity index (χ3v) is 6.56. The highest BCUT2D eigenvalue weighted by Gasteiger charge is 2.57. The van der Waals surface area contributed by atoms with Crippen LogP contribution in [-0.2, 0) is 28.9 Å². The number of ether oxygens (including phenoxy) is 2. The first kappa shape index (κ1) is 28.1. The van der Waals surface area contributed by atoms with Crippen molar-refractivity contribution in [1.29, 1.82) is 0 Å². The molecular formula is C23H33N3O8S. The van der Waals surface area contributed by atoms with Gasteiger partial charge < -0.3 is 9.47 Å². The highest BCUT2D eigenvalue weighted by Crippen LogP contribution is 2.32. The number of sulfone groups is 1. The van der Waals surface area contributed by atoms with Crippen LogP contribution in [0.25, 0.3) is 0 Å². The van der Waals surface area contributed by atoms with E-state index in [4.69, 9.17) is 14.3 Å². The number of hydrazone groups is 1.